The maximum Gasteiger partial charge on any atom is 0.338 e. The van der Waals surface area contributed by atoms with Crippen LogP contribution in [0.1, 0.15) is 32.8 Å². The molecular weight excluding hydrogens is 388 g/mol. The highest BCUT2D eigenvalue weighted by Gasteiger charge is 2.18. The smallest absolute Gasteiger partial charge is 0.338 e. The molecule has 0 atom stereocenters. The molecule has 0 bridgehead atoms. The van der Waals surface area contributed by atoms with Crippen LogP contribution in [0, 0.1) is 0 Å². The normalized spacial score (nSPS) is 15.1. The average Bonchev–Trinajstić information content (AvgIpc) is 3.38. The van der Waals surface area contributed by atoms with Crippen molar-refractivity contribution >= 4 is 40.8 Å². The number of rotatable bonds is 5. The molecule has 0 aliphatic carbocycles. The van der Waals surface area contributed by atoms with Crippen LogP contribution in [-0.4, -0.2) is 27.6 Å². The van der Waals surface area contributed by atoms with E-state index in [1.165, 1.54) is 23.5 Å². The van der Waals surface area contributed by atoms with Crippen molar-refractivity contribution in [3.8, 4) is 11.4 Å². The summed E-state index contributed by atoms with van der Waals surface area (Å²) in [6.07, 6.45) is 1.26. The highest BCUT2D eigenvalue weighted by Crippen LogP contribution is 2.43. The van der Waals surface area contributed by atoms with Crippen LogP contribution >= 0.6 is 34.9 Å². The van der Waals surface area contributed by atoms with E-state index in [9.17, 15) is 4.79 Å². The highest BCUT2D eigenvalue weighted by atomic mass is 32.2. The number of carbonyl (C=O) groups excluding carboxylic acids is 1. The molecule has 5 nitrogen and oxygen atoms in total. The molecule has 134 valence electrons. The van der Waals surface area contributed by atoms with E-state index in [2.05, 4.69) is 10.1 Å². The van der Waals surface area contributed by atoms with E-state index in [0.29, 0.717) is 16.0 Å². The number of nitrogens with zero attached hydrogens (tertiary/aromatic N) is 2. The Morgan fingerprint density at radius 1 is 1.19 bits per heavy atom. The molecule has 0 unspecified atom stereocenters. The predicted octanol–water partition coefficient (Wildman–Crippen LogP) is 5.02. The third kappa shape index (κ3) is 4.13. The molecule has 26 heavy (non-hydrogen) atoms. The number of thioether (sulfide) groups is 2. The standard InChI is InChI=1S/C18H16N2O3S3/c21-17(12-2-4-13(5-3-12)18-25-7-1-8-26-18)22-10-15-19-16(20-23-15)14-6-9-24-11-14/h2-6,9,11,18H,1,7-8,10H2. The Balaban J connectivity index is 1.34. The summed E-state index contributed by atoms with van der Waals surface area (Å²) in [7, 11) is 0. The van der Waals surface area contributed by atoms with Crippen LogP contribution in [0.4, 0.5) is 0 Å². The zero-order valence-electron chi connectivity index (χ0n) is 13.8. The van der Waals surface area contributed by atoms with Gasteiger partial charge in [0.25, 0.3) is 5.89 Å². The number of aromatic nitrogens is 2. The third-order valence-corrected chi connectivity index (χ3v) is 7.52. The summed E-state index contributed by atoms with van der Waals surface area (Å²) in [5, 5.41) is 7.78. The van der Waals surface area contributed by atoms with E-state index in [1.807, 2.05) is 64.6 Å². The fourth-order valence-corrected chi connectivity index (χ4v) is 6.02. The molecule has 1 aliphatic rings. The van der Waals surface area contributed by atoms with Crippen molar-refractivity contribution in [2.45, 2.75) is 17.6 Å². The first-order chi connectivity index (χ1) is 12.8. The largest absolute Gasteiger partial charge is 0.452 e. The second-order valence-corrected chi connectivity index (χ2v) is 9.15. The highest BCUT2D eigenvalue weighted by molar-refractivity contribution is 8.16. The van der Waals surface area contributed by atoms with Crippen molar-refractivity contribution in [1.82, 2.24) is 10.1 Å². The molecule has 0 amide bonds. The first-order valence-electron chi connectivity index (χ1n) is 8.15. The van der Waals surface area contributed by atoms with Crippen molar-refractivity contribution in [3.63, 3.8) is 0 Å². The number of esters is 1. The van der Waals surface area contributed by atoms with Crippen LogP contribution in [0.5, 0.6) is 0 Å². The summed E-state index contributed by atoms with van der Waals surface area (Å²) in [6, 6.07) is 9.56. The Kier molecular flexibility index (Phi) is 5.62. The molecule has 1 aromatic carbocycles. The van der Waals surface area contributed by atoms with Gasteiger partial charge in [-0.15, -0.1) is 23.5 Å². The molecule has 1 saturated heterocycles. The van der Waals surface area contributed by atoms with Gasteiger partial charge in [0.2, 0.25) is 5.82 Å². The third-order valence-electron chi connectivity index (χ3n) is 3.82. The lowest BCUT2D eigenvalue weighted by Crippen LogP contribution is -2.06. The minimum atomic E-state index is -0.393. The first kappa shape index (κ1) is 17.6. The lowest BCUT2D eigenvalue weighted by atomic mass is 10.1. The summed E-state index contributed by atoms with van der Waals surface area (Å²) >= 11 is 5.48. The van der Waals surface area contributed by atoms with Gasteiger partial charge < -0.3 is 9.26 Å². The molecule has 3 aromatic rings. The summed E-state index contributed by atoms with van der Waals surface area (Å²) in [5.41, 5.74) is 2.66. The van der Waals surface area contributed by atoms with E-state index < -0.39 is 5.97 Å². The number of carbonyl (C=O) groups is 1. The summed E-state index contributed by atoms with van der Waals surface area (Å²) in [5.74, 6) is 2.78. The summed E-state index contributed by atoms with van der Waals surface area (Å²) in [6.45, 7) is -0.0357. The minimum Gasteiger partial charge on any atom is -0.452 e. The van der Waals surface area contributed by atoms with Gasteiger partial charge in [-0.2, -0.15) is 16.3 Å². The predicted molar refractivity (Wildman–Crippen MR) is 105 cm³/mol. The summed E-state index contributed by atoms with van der Waals surface area (Å²) < 4.78 is 10.9. The number of benzene rings is 1. The van der Waals surface area contributed by atoms with Gasteiger partial charge in [0.1, 0.15) is 0 Å². The maximum absolute atomic E-state index is 12.2. The van der Waals surface area contributed by atoms with Gasteiger partial charge in [-0.05, 0) is 47.1 Å². The Labute approximate surface area is 163 Å². The van der Waals surface area contributed by atoms with Gasteiger partial charge in [0.05, 0.1) is 10.1 Å². The van der Waals surface area contributed by atoms with E-state index in [-0.39, 0.29) is 12.5 Å². The van der Waals surface area contributed by atoms with Crippen molar-refractivity contribution in [2.75, 3.05) is 11.5 Å². The fourth-order valence-electron chi connectivity index (χ4n) is 2.49. The maximum atomic E-state index is 12.2. The lowest BCUT2D eigenvalue weighted by molar-refractivity contribution is 0.0430. The van der Waals surface area contributed by atoms with Crippen LogP contribution in [0.15, 0.2) is 45.6 Å². The van der Waals surface area contributed by atoms with E-state index in [4.69, 9.17) is 9.26 Å². The molecule has 3 heterocycles. The van der Waals surface area contributed by atoms with Crippen molar-refractivity contribution in [2.24, 2.45) is 0 Å². The van der Waals surface area contributed by atoms with Crippen LogP contribution < -0.4 is 0 Å². The average molecular weight is 405 g/mol. The van der Waals surface area contributed by atoms with Crippen LogP contribution in [0.25, 0.3) is 11.4 Å². The molecule has 0 saturated carbocycles. The number of thiophene rings is 1. The van der Waals surface area contributed by atoms with Crippen LogP contribution in [0.3, 0.4) is 0 Å². The van der Waals surface area contributed by atoms with Crippen molar-refractivity contribution < 1.29 is 14.1 Å². The quantitative estimate of drug-likeness (QED) is 0.553. The van der Waals surface area contributed by atoms with Crippen LogP contribution in [0.2, 0.25) is 0 Å². The zero-order chi connectivity index (χ0) is 17.8. The molecule has 0 spiro atoms. The number of ether oxygens (including phenoxy) is 1. The van der Waals surface area contributed by atoms with Crippen LogP contribution in [-0.2, 0) is 11.3 Å². The second kappa shape index (κ2) is 8.28. The molecule has 1 aliphatic heterocycles. The molecule has 0 N–H and O–H groups in total. The number of hydrogen-bond acceptors (Lipinski definition) is 8. The Hall–Kier alpha value is -1.77. The van der Waals surface area contributed by atoms with Gasteiger partial charge in [-0.3, -0.25) is 0 Å². The fraction of sp³-hybridized carbons (Fsp3) is 0.278. The molecule has 2 aromatic heterocycles. The van der Waals surface area contributed by atoms with Gasteiger partial charge in [0, 0.05) is 10.9 Å². The van der Waals surface area contributed by atoms with E-state index in [0.717, 1.165) is 5.56 Å². The molecule has 0 radical (unpaired) electrons. The second-order valence-electron chi connectivity index (χ2n) is 5.65. The molecule has 8 heteroatoms. The summed E-state index contributed by atoms with van der Waals surface area (Å²) in [4.78, 5) is 16.5. The lowest BCUT2D eigenvalue weighted by Gasteiger charge is -2.21. The van der Waals surface area contributed by atoms with Gasteiger partial charge in [-0.25, -0.2) is 4.79 Å². The van der Waals surface area contributed by atoms with Crippen molar-refractivity contribution in [3.05, 3.63) is 58.1 Å². The van der Waals surface area contributed by atoms with E-state index >= 15 is 0 Å². The van der Waals surface area contributed by atoms with Gasteiger partial charge in [-0.1, -0.05) is 17.3 Å². The first-order valence-corrected chi connectivity index (χ1v) is 11.2. The Morgan fingerprint density at radius 2 is 2.00 bits per heavy atom. The SMILES string of the molecule is O=C(OCc1nc(-c2ccsc2)no1)c1ccc(C2SCCCS2)cc1. The Bertz CT molecular complexity index is 856. The Morgan fingerprint density at radius 3 is 2.73 bits per heavy atom. The molecular formula is C18H16N2O3S3. The number of hydrogen-bond donors (Lipinski definition) is 0. The minimum absolute atomic E-state index is 0.0357. The topological polar surface area (TPSA) is 65.2 Å². The zero-order valence-corrected chi connectivity index (χ0v) is 16.2. The monoisotopic (exact) mass is 404 g/mol. The van der Waals surface area contributed by atoms with Gasteiger partial charge in [0.15, 0.2) is 6.61 Å². The molecule has 1 fully saturated rings. The van der Waals surface area contributed by atoms with E-state index in [1.54, 1.807) is 11.3 Å². The van der Waals surface area contributed by atoms with Gasteiger partial charge >= 0.3 is 5.97 Å². The van der Waals surface area contributed by atoms with Crippen molar-refractivity contribution in [1.29, 1.82) is 0 Å². The molecule has 4 rings (SSSR count).